The number of aryl methyl sites for hydroxylation is 1. The summed E-state index contributed by atoms with van der Waals surface area (Å²) < 4.78 is 5.58. The van der Waals surface area contributed by atoms with Crippen LogP contribution in [-0.2, 0) is 28.9 Å². The SMILES string of the molecule is CCCCC1C(Cc2ccc(C#N)cc2)C(Cc2cccc(C)c2)(C(=O)OC)CCN1Cc1cnc[nH]1. The lowest BCUT2D eigenvalue weighted by molar-refractivity contribution is -0.164. The number of esters is 1. The van der Waals surface area contributed by atoms with Crippen molar-refractivity contribution in [3.8, 4) is 6.07 Å². The van der Waals surface area contributed by atoms with E-state index in [9.17, 15) is 10.1 Å². The molecule has 1 aromatic heterocycles. The third-order valence-corrected chi connectivity index (χ3v) is 8.00. The molecule has 1 saturated heterocycles. The van der Waals surface area contributed by atoms with Crippen molar-refractivity contribution >= 4 is 5.97 Å². The Morgan fingerprint density at radius 3 is 2.70 bits per heavy atom. The molecule has 1 N–H and O–H groups in total. The molecule has 3 aromatic rings. The summed E-state index contributed by atoms with van der Waals surface area (Å²) in [5, 5.41) is 9.29. The normalized spacial score (nSPS) is 21.9. The van der Waals surface area contributed by atoms with Gasteiger partial charge in [-0.3, -0.25) is 9.69 Å². The van der Waals surface area contributed by atoms with E-state index in [2.05, 4.69) is 59.1 Å². The number of nitrogens with zero attached hydrogens (tertiary/aromatic N) is 3. The number of hydrogen-bond donors (Lipinski definition) is 1. The summed E-state index contributed by atoms with van der Waals surface area (Å²) in [6, 6.07) is 18.8. The van der Waals surface area contributed by atoms with Gasteiger partial charge in [-0.15, -0.1) is 0 Å². The van der Waals surface area contributed by atoms with Crippen LogP contribution >= 0.6 is 0 Å². The summed E-state index contributed by atoms with van der Waals surface area (Å²) >= 11 is 0. The molecule has 4 rings (SSSR count). The summed E-state index contributed by atoms with van der Waals surface area (Å²) in [4.78, 5) is 23.9. The van der Waals surface area contributed by atoms with Crippen LogP contribution in [0.5, 0.6) is 0 Å². The number of H-pyrrole nitrogens is 1. The van der Waals surface area contributed by atoms with Crippen molar-refractivity contribution in [2.24, 2.45) is 11.3 Å². The lowest BCUT2D eigenvalue weighted by Crippen LogP contribution is -2.58. The highest BCUT2D eigenvalue weighted by Gasteiger charge is 2.53. The highest BCUT2D eigenvalue weighted by Crippen LogP contribution is 2.47. The number of methoxy groups -OCH3 is 1. The Labute approximate surface area is 220 Å². The smallest absolute Gasteiger partial charge is 0.312 e. The van der Waals surface area contributed by atoms with E-state index in [1.165, 1.54) is 18.2 Å². The van der Waals surface area contributed by atoms with Gasteiger partial charge in [0.2, 0.25) is 0 Å². The second-order valence-electron chi connectivity index (χ2n) is 10.4. The number of imidazole rings is 1. The average Bonchev–Trinajstić information content (AvgIpc) is 3.43. The Morgan fingerprint density at radius 1 is 1.24 bits per heavy atom. The van der Waals surface area contributed by atoms with Crippen LogP contribution in [-0.4, -0.2) is 40.5 Å². The number of benzene rings is 2. The number of nitrogens with one attached hydrogen (secondary N) is 1. The molecule has 6 nitrogen and oxygen atoms in total. The van der Waals surface area contributed by atoms with E-state index in [0.29, 0.717) is 12.0 Å². The maximum atomic E-state index is 13.8. The minimum absolute atomic E-state index is 0.0524. The van der Waals surface area contributed by atoms with Crippen molar-refractivity contribution < 1.29 is 9.53 Å². The molecule has 3 atom stereocenters. The van der Waals surface area contributed by atoms with E-state index in [0.717, 1.165) is 56.5 Å². The van der Waals surface area contributed by atoms with Crippen molar-refractivity contribution in [2.45, 2.75) is 65.0 Å². The van der Waals surface area contributed by atoms with Crippen LogP contribution in [0.15, 0.2) is 61.1 Å². The number of carbonyl (C=O) groups excluding carboxylic acids is 1. The number of unbranched alkanes of at least 4 members (excludes halogenated alkanes) is 1. The molecule has 0 saturated carbocycles. The molecule has 0 bridgehead atoms. The Kier molecular flexibility index (Phi) is 8.78. The van der Waals surface area contributed by atoms with Gasteiger partial charge < -0.3 is 9.72 Å². The molecule has 2 aromatic carbocycles. The van der Waals surface area contributed by atoms with Crippen molar-refractivity contribution in [1.82, 2.24) is 14.9 Å². The maximum absolute atomic E-state index is 13.8. The van der Waals surface area contributed by atoms with E-state index in [4.69, 9.17) is 4.74 Å². The van der Waals surface area contributed by atoms with E-state index in [1.54, 1.807) is 6.33 Å². The van der Waals surface area contributed by atoms with E-state index >= 15 is 0 Å². The molecular weight excluding hydrogens is 460 g/mol. The van der Waals surface area contributed by atoms with Crippen molar-refractivity contribution in [1.29, 1.82) is 5.26 Å². The summed E-state index contributed by atoms with van der Waals surface area (Å²) in [6.45, 7) is 5.91. The molecule has 2 heterocycles. The molecule has 1 aliphatic heterocycles. The zero-order chi connectivity index (χ0) is 26.3. The van der Waals surface area contributed by atoms with Gasteiger partial charge in [-0.05, 0) is 68.3 Å². The number of aromatic nitrogens is 2. The first kappa shape index (κ1) is 26.6. The average molecular weight is 499 g/mol. The van der Waals surface area contributed by atoms with E-state index in [-0.39, 0.29) is 17.9 Å². The molecule has 6 heteroatoms. The highest BCUT2D eigenvalue weighted by molar-refractivity contribution is 5.78. The van der Waals surface area contributed by atoms with Crippen LogP contribution in [0.2, 0.25) is 0 Å². The first-order valence-electron chi connectivity index (χ1n) is 13.3. The number of rotatable bonds is 10. The fourth-order valence-corrected chi connectivity index (χ4v) is 6.14. The Balaban J connectivity index is 1.78. The highest BCUT2D eigenvalue weighted by atomic mass is 16.5. The van der Waals surface area contributed by atoms with Gasteiger partial charge in [0.05, 0.1) is 30.5 Å². The number of aromatic amines is 1. The number of ether oxygens (including phenoxy) is 1. The second kappa shape index (κ2) is 12.2. The number of piperidine rings is 1. The van der Waals surface area contributed by atoms with Gasteiger partial charge in [0.1, 0.15) is 0 Å². The lowest BCUT2D eigenvalue weighted by atomic mass is 9.61. The van der Waals surface area contributed by atoms with Gasteiger partial charge in [0.25, 0.3) is 0 Å². The van der Waals surface area contributed by atoms with Gasteiger partial charge >= 0.3 is 5.97 Å². The van der Waals surface area contributed by atoms with Gasteiger partial charge in [-0.2, -0.15) is 5.26 Å². The molecule has 3 unspecified atom stereocenters. The van der Waals surface area contributed by atoms with E-state index in [1.807, 2.05) is 30.5 Å². The predicted octanol–water partition coefficient (Wildman–Crippen LogP) is 5.62. The van der Waals surface area contributed by atoms with Crippen LogP contribution in [0, 0.1) is 29.6 Å². The summed E-state index contributed by atoms with van der Waals surface area (Å²) in [6.07, 6.45) is 8.95. The fourth-order valence-electron chi connectivity index (χ4n) is 6.14. The third kappa shape index (κ3) is 6.11. The standard InChI is InChI=1S/C31H38N4O2/c1-4-5-9-29-28(17-24-10-12-25(19-32)13-11-24)31(30(36)37-3,18-26-8-6-7-23(2)16-26)14-15-35(29)21-27-20-33-22-34-27/h6-8,10-13,16,20,22,28-29H,4-5,9,14-15,17-18,21H2,1-3H3,(H,33,34). The largest absolute Gasteiger partial charge is 0.469 e. The summed E-state index contributed by atoms with van der Waals surface area (Å²) in [7, 11) is 1.52. The monoisotopic (exact) mass is 498 g/mol. The third-order valence-electron chi connectivity index (χ3n) is 8.00. The zero-order valence-electron chi connectivity index (χ0n) is 22.2. The number of nitriles is 1. The Morgan fingerprint density at radius 2 is 2.05 bits per heavy atom. The van der Waals surface area contributed by atoms with Crippen LogP contribution in [0.1, 0.15) is 60.6 Å². The van der Waals surface area contributed by atoms with Gasteiger partial charge in [-0.25, -0.2) is 4.98 Å². The zero-order valence-corrected chi connectivity index (χ0v) is 22.2. The van der Waals surface area contributed by atoms with Crippen LogP contribution in [0.3, 0.4) is 0 Å². The molecule has 1 fully saturated rings. The van der Waals surface area contributed by atoms with Crippen molar-refractivity contribution in [3.63, 3.8) is 0 Å². The number of hydrogen-bond acceptors (Lipinski definition) is 5. The second-order valence-corrected chi connectivity index (χ2v) is 10.4. The fraction of sp³-hybridized carbons (Fsp3) is 0.452. The van der Waals surface area contributed by atoms with Gasteiger partial charge in [0.15, 0.2) is 0 Å². The molecule has 0 amide bonds. The molecule has 194 valence electrons. The minimum atomic E-state index is -0.640. The van der Waals surface area contributed by atoms with Crippen LogP contribution in [0.25, 0.3) is 0 Å². The molecule has 37 heavy (non-hydrogen) atoms. The first-order valence-corrected chi connectivity index (χ1v) is 13.3. The minimum Gasteiger partial charge on any atom is -0.469 e. The first-order chi connectivity index (χ1) is 18.0. The van der Waals surface area contributed by atoms with E-state index < -0.39 is 5.41 Å². The van der Waals surface area contributed by atoms with Gasteiger partial charge in [0, 0.05) is 24.5 Å². The quantitative estimate of drug-likeness (QED) is 0.367. The molecule has 1 aliphatic rings. The Hall–Kier alpha value is -3.43. The number of likely N-dealkylation sites (tertiary alicyclic amines) is 1. The lowest BCUT2D eigenvalue weighted by Gasteiger charge is -2.52. The molecule has 0 aliphatic carbocycles. The molecule has 0 radical (unpaired) electrons. The topological polar surface area (TPSA) is 82.0 Å². The predicted molar refractivity (Wildman–Crippen MR) is 145 cm³/mol. The van der Waals surface area contributed by atoms with Gasteiger partial charge in [-0.1, -0.05) is 61.7 Å². The molecule has 0 spiro atoms. The molecular formula is C31H38N4O2. The summed E-state index contributed by atoms with van der Waals surface area (Å²) in [5.41, 5.74) is 4.61. The number of carbonyl (C=O) groups is 1. The Bertz CT molecular complexity index is 1200. The van der Waals surface area contributed by atoms with Crippen LogP contribution < -0.4 is 0 Å². The van der Waals surface area contributed by atoms with Crippen molar-refractivity contribution in [3.05, 3.63) is 89.0 Å². The van der Waals surface area contributed by atoms with Crippen LogP contribution in [0.4, 0.5) is 0 Å². The summed E-state index contributed by atoms with van der Waals surface area (Å²) in [5.74, 6) is -0.0630. The maximum Gasteiger partial charge on any atom is 0.312 e. The van der Waals surface area contributed by atoms with Crippen molar-refractivity contribution in [2.75, 3.05) is 13.7 Å².